The molecule has 0 rings (SSSR count). The topological polar surface area (TPSA) is 20.2 Å². The van der Waals surface area contributed by atoms with Gasteiger partial charge in [-0.2, -0.15) is 57.1 Å². The lowest BCUT2D eigenvalue weighted by Crippen LogP contribution is -2.70. The molecule has 27 heavy (non-hydrogen) atoms. The van der Waals surface area contributed by atoms with Gasteiger partial charge in [-0.15, -0.1) is 0 Å². The van der Waals surface area contributed by atoms with Gasteiger partial charge in [0.2, 0.25) is 0 Å². The molecular formula is C13H15F13O. The minimum atomic E-state index is -7.84. The summed E-state index contributed by atoms with van der Waals surface area (Å²) in [6, 6.07) is 0. The Hall–Kier alpha value is -0.950. The molecular weight excluding hydrogens is 419 g/mol. The lowest BCUT2D eigenvalue weighted by Gasteiger charge is -2.39. The van der Waals surface area contributed by atoms with E-state index in [1.165, 1.54) is 0 Å². The highest BCUT2D eigenvalue weighted by molar-refractivity contribution is 5.10. The first-order valence-electron chi connectivity index (χ1n) is 7.38. The van der Waals surface area contributed by atoms with Crippen molar-refractivity contribution in [2.45, 2.75) is 74.3 Å². The molecule has 0 unspecified atom stereocenters. The smallest absolute Gasteiger partial charge is 0.396 e. The fraction of sp³-hybridized carbons (Fsp3) is 1.00. The third-order valence-electron chi connectivity index (χ3n) is 3.65. The number of hydrogen-bond acceptors (Lipinski definition) is 1. The maximum Gasteiger partial charge on any atom is 0.460 e. The number of alkyl halides is 13. The Labute approximate surface area is 144 Å². The van der Waals surface area contributed by atoms with Gasteiger partial charge < -0.3 is 5.11 Å². The molecule has 0 heterocycles. The normalized spacial score (nSPS) is 15.3. The van der Waals surface area contributed by atoms with Crippen LogP contribution in [0.3, 0.4) is 0 Å². The van der Waals surface area contributed by atoms with Crippen molar-refractivity contribution in [3.05, 3.63) is 0 Å². The number of unbranched alkanes of at least 4 members (excludes halogenated alkanes) is 4. The lowest BCUT2D eigenvalue weighted by atomic mass is 9.91. The van der Waals surface area contributed by atoms with Crippen LogP contribution < -0.4 is 0 Å². The van der Waals surface area contributed by atoms with Gasteiger partial charge in [0.25, 0.3) is 0 Å². The van der Waals surface area contributed by atoms with E-state index < -0.39 is 48.6 Å². The Bertz CT molecular complexity index is 469. The maximum atomic E-state index is 13.4. The summed E-state index contributed by atoms with van der Waals surface area (Å²) in [6.07, 6.45) is -10.2. The van der Waals surface area contributed by atoms with Crippen LogP contribution >= 0.6 is 0 Å². The van der Waals surface area contributed by atoms with E-state index in [1.54, 1.807) is 0 Å². The Morgan fingerprint density at radius 1 is 0.444 bits per heavy atom. The molecule has 0 saturated carbocycles. The minimum absolute atomic E-state index is 0.0703. The van der Waals surface area contributed by atoms with Crippen molar-refractivity contribution in [1.82, 2.24) is 0 Å². The van der Waals surface area contributed by atoms with Gasteiger partial charge in [0.05, 0.1) is 0 Å². The van der Waals surface area contributed by atoms with E-state index in [0.29, 0.717) is 0 Å². The molecule has 0 aromatic carbocycles. The summed E-state index contributed by atoms with van der Waals surface area (Å²) >= 11 is 0. The first-order chi connectivity index (χ1) is 11.8. The van der Waals surface area contributed by atoms with E-state index in [2.05, 4.69) is 0 Å². The molecule has 0 aliphatic carbocycles. The quantitative estimate of drug-likeness (QED) is 0.310. The van der Waals surface area contributed by atoms with Crippen molar-refractivity contribution >= 4 is 0 Å². The average Bonchev–Trinajstić information content (AvgIpc) is 2.48. The monoisotopic (exact) mass is 434 g/mol. The van der Waals surface area contributed by atoms with E-state index in [0.717, 1.165) is 0 Å². The molecule has 0 aliphatic rings. The van der Waals surface area contributed by atoms with Crippen LogP contribution in [0.15, 0.2) is 0 Å². The second-order valence-corrected chi connectivity index (χ2v) is 5.74. The summed E-state index contributed by atoms with van der Waals surface area (Å²) in [5, 5.41) is 8.43. The highest BCUT2D eigenvalue weighted by atomic mass is 19.4. The standard InChI is InChI=1S/C13H15F13O/c14-8(15,6-4-2-1-3-5-7-27)9(16,17)10(18,19)11(20,21)12(22,23)13(24,25)26/h27H,1-7H2. The average molecular weight is 434 g/mol. The van der Waals surface area contributed by atoms with Crippen LogP contribution in [0.5, 0.6) is 0 Å². The van der Waals surface area contributed by atoms with Crippen LogP contribution in [0.1, 0.15) is 38.5 Å². The maximum absolute atomic E-state index is 13.4. The summed E-state index contributed by atoms with van der Waals surface area (Å²) in [7, 11) is 0. The molecule has 0 amide bonds. The van der Waals surface area contributed by atoms with E-state index in [9.17, 15) is 57.1 Å². The third-order valence-corrected chi connectivity index (χ3v) is 3.65. The Morgan fingerprint density at radius 3 is 1.22 bits per heavy atom. The molecule has 1 N–H and O–H groups in total. The number of hydrogen-bond donors (Lipinski definition) is 1. The number of halogens is 13. The number of aliphatic hydroxyl groups excluding tert-OH is 1. The number of aliphatic hydroxyl groups is 1. The summed E-state index contributed by atoms with van der Waals surface area (Å²) < 4.78 is 166. The molecule has 0 radical (unpaired) electrons. The van der Waals surface area contributed by atoms with Crippen LogP contribution in [0, 0.1) is 0 Å². The van der Waals surface area contributed by atoms with Gasteiger partial charge in [-0.1, -0.05) is 19.3 Å². The van der Waals surface area contributed by atoms with Crippen molar-refractivity contribution < 1.29 is 62.2 Å². The molecule has 0 aromatic heterocycles. The predicted octanol–water partition coefficient (Wildman–Crippen LogP) is 6.06. The second kappa shape index (κ2) is 8.19. The summed E-state index contributed by atoms with van der Waals surface area (Å²) in [6.45, 7) is -0.275. The molecule has 0 aliphatic heterocycles. The molecule has 14 heteroatoms. The van der Waals surface area contributed by atoms with Crippen molar-refractivity contribution in [3.8, 4) is 0 Å². The van der Waals surface area contributed by atoms with Gasteiger partial charge in [-0.05, 0) is 12.8 Å². The molecule has 164 valence electrons. The highest BCUT2D eigenvalue weighted by Gasteiger charge is 2.90. The summed E-state index contributed by atoms with van der Waals surface area (Å²) in [5.41, 5.74) is 0. The predicted molar refractivity (Wildman–Crippen MR) is 65.6 cm³/mol. The van der Waals surface area contributed by atoms with Crippen molar-refractivity contribution in [3.63, 3.8) is 0 Å². The van der Waals surface area contributed by atoms with Gasteiger partial charge in [-0.3, -0.25) is 0 Å². The van der Waals surface area contributed by atoms with Crippen LogP contribution in [0.4, 0.5) is 57.1 Å². The Morgan fingerprint density at radius 2 is 0.815 bits per heavy atom. The van der Waals surface area contributed by atoms with Crippen molar-refractivity contribution in [1.29, 1.82) is 0 Å². The molecule has 0 spiro atoms. The zero-order valence-electron chi connectivity index (χ0n) is 13.3. The van der Waals surface area contributed by atoms with Crippen LogP contribution in [-0.2, 0) is 0 Å². The molecule has 0 bridgehead atoms. The molecule has 0 atom stereocenters. The summed E-state index contributed by atoms with van der Waals surface area (Å²) in [4.78, 5) is 0. The largest absolute Gasteiger partial charge is 0.460 e. The van der Waals surface area contributed by atoms with Crippen LogP contribution in [0.2, 0.25) is 0 Å². The zero-order chi connectivity index (χ0) is 21.9. The Kier molecular flexibility index (Phi) is 7.91. The van der Waals surface area contributed by atoms with Gasteiger partial charge in [0.15, 0.2) is 0 Å². The highest BCUT2D eigenvalue weighted by Crippen LogP contribution is 2.60. The zero-order valence-corrected chi connectivity index (χ0v) is 13.3. The van der Waals surface area contributed by atoms with Crippen molar-refractivity contribution in [2.24, 2.45) is 0 Å². The second-order valence-electron chi connectivity index (χ2n) is 5.74. The molecule has 0 aromatic rings. The van der Waals surface area contributed by atoms with E-state index in [-0.39, 0.29) is 32.3 Å². The first-order valence-corrected chi connectivity index (χ1v) is 7.38. The van der Waals surface area contributed by atoms with E-state index in [4.69, 9.17) is 5.11 Å². The van der Waals surface area contributed by atoms with Crippen LogP contribution in [0.25, 0.3) is 0 Å². The molecule has 1 nitrogen and oxygen atoms in total. The minimum Gasteiger partial charge on any atom is -0.396 e. The lowest BCUT2D eigenvalue weighted by molar-refractivity contribution is -0.440. The van der Waals surface area contributed by atoms with Gasteiger partial charge in [-0.25, -0.2) is 0 Å². The Balaban J connectivity index is 5.50. The van der Waals surface area contributed by atoms with Crippen molar-refractivity contribution in [2.75, 3.05) is 6.61 Å². The fourth-order valence-electron chi connectivity index (χ4n) is 1.95. The van der Waals surface area contributed by atoms with Crippen LogP contribution in [-0.4, -0.2) is 47.5 Å². The van der Waals surface area contributed by atoms with E-state index in [1.807, 2.05) is 0 Å². The SMILES string of the molecule is OCCCCCCCC(F)(F)C(F)(F)C(F)(F)C(F)(F)C(F)(F)C(F)(F)F. The third kappa shape index (κ3) is 4.73. The van der Waals surface area contributed by atoms with Gasteiger partial charge in [0, 0.05) is 13.0 Å². The molecule has 0 fully saturated rings. The molecule has 0 saturated heterocycles. The van der Waals surface area contributed by atoms with Gasteiger partial charge in [0.1, 0.15) is 0 Å². The summed E-state index contributed by atoms with van der Waals surface area (Å²) in [5.74, 6) is -36.4. The fourth-order valence-corrected chi connectivity index (χ4v) is 1.95. The first kappa shape index (κ1) is 26.1. The van der Waals surface area contributed by atoms with Gasteiger partial charge >= 0.3 is 35.8 Å². The van der Waals surface area contributed by atoms with E-state index >= 15 is 0 Å². The number of rotatable bonds is 11.